The minimum Gasteiger partial charge on any atom is -0.464 e. The molecule has 2 atom stereocenters. The molecule has 11 nitrogen and oxygen atoms in total. The summed E-state index contributed by atoms with van der Waals surface area (Å²) in [5.41, 5.74) is -1.75. The van der Waals surface area contributed by atoms with Crippen molar-refractivity contribution in [2.75, 3.05) is 13.2 Å². The molecule has 1 saturated heterocycles. The van der Waals surface area contributed by atoms with Crippen LogP contribution in [0.4, 0.5) is 5.69 Å². The van der Waals surface area contributed by atoms with Gasteiger partial charge in [0.15, 0.2) is 0 Å². The van der Waals surface area contributed by atoms with Crippen molar-refractivity contribution in [1.29, 1.82) is 0 Å². The average molecular weight is 380 g/mol. The summed E-state index contributed by atoms with van der Waals surface area (Å²) >= 11 is 0. The molecule has 11 heteroatoms. The zero-order valence-corrected chi connectivity index (χ0v) is 14.9. The Morgan fingerprint density at radius 3 is 2.81 bits per heavy atom. The van der Waals surface area contributed by atoms with Gasteiger partial charge in [0, 0.05) is 12.6 Å². The number of nitro groups is 1. The molecule has 0 unspecified atom stereocenters. The van der Waals surface area contributed by atoms with Gasteiger partial charge in [-0.15, -0.1) is 0 Å². The summed E-state index contributed by atoms with van der Waals surface area (Å²) in [6.45, 7) is 3.61. The SMILES string of the molecule is CCOC(=O)[C@@H]1CCCN1C(=O)[C@H](C)NC(=O)c1cc([N+](=O)[O-])c[nH]c1=O. The van der Waals surface area contributed by atoms with Gasteiger partial charge >= 0.3 is 5.97 Å². The lowest BCUT2D eigenvalue weighted by atomic mass is 10.2. The predicted octanol–water partition coefficient (Wildman–Crippen LogP) is -0.0445. The number of H-pyrrole nitrogens is 1. The van der Waals surface area contributed by atoms with Crippen molar-refractivity contribution in [3.05, 3.63) is 38.3 Å². The fourth-order valence-corrected chi connectivity index (χ4v) is 2.85. The van der Waals surface area contributed by atoms with E-state index in [1.807, 2.05) is 0 Å². The summed E-state index contributed by atoms with van der Waals surface area (Å²) in [5, 5.41) is 13.1. The van der Waals surface area contributed by atoms with E-state index in [1.165, 1.54) is 11.8 Å². The summed E-state index contributed by atoms with van der Waals surface area (Å²) in [7, 11) is 0. The minimum absolute atomic E-state index is 0.194. The molecule has 0 radical (unpaired) electrons. The van der Waals surface area contributed by atoms with Crippen LogP contribution in [0.5, 0.6) is 0 Å². The highest BCUT2D eigenvalue weighted by atomic mass is 16.6. The van der Waals surface area contributed by atoms with E-state index in [9.17, 15) is 29.3 Å². The second-order valence-corrected chi connectivity index (χ2v) is 5.99. The third-order valence-electron chi connectivity index (χ3n) is 4.16. The van der Waals surface area contributed by atoms with E-state index in [4.69, 9.17) is 4.74 Å². The molecule has 2 N–H and O–H groups in total. The van der Waals surface area contributed by atoms with Gasteiger partial charge in [-0.25, -0.2) is 4.79 Å². The molecule has 0 aliphatic carbocycles. The number of likely N-dealkylation sites (tertiary alicyclic amines) is 1. The first-order chi connectivity index (χ1) is 12.8. The van der Waals surface area contributed by atoms with Crippen molar-refractivity contribution in [3.63, 3.8) is 0 Å². The van der Waals surface area contributed by atoms with E-state index in [2.05, 4.69) is 10.3 Å². The number of rotatable bonds is 6. The van der Waals surface area contributed by atoms with Crippen molar-refractivity contribution >= 4 is 23.5 Å². The topological polar surface area (TPSA) is 152 Å². The molecule has 1 aliphatic heterocycles. The first-order valence-electron chi connectivity index (χ1n) is 8.41. The number of hydrogen-bond donors (Lipinski definition) is 2. The Balaban J connectivity index is 2.11. The maximum absolute atomic E-state index is 12.6. The van der Waals surface area contributed by atoms with Crippen LogP contribution in [0.1, 0.15) is 37.0 Å². The van der Waals surface area contributed by atoms with E-state index < -0.39 is 51.6 Å². The Kier molecular flexibility index (Phi) is 6.27. The number of aromatic nitrogens is 1. The number of nitrogens with one attached hydrogen (secondary N) is 2. The molecule has 1 fully saturated rings. The largest absolute Gasteiger partial charge is 0.464 e. The molecule has 0 aromatic carbocycles. The number of hydrogen-bond acceptors (Lipinski definition) is 7. The normalized spacial score (nSPS) is 17.3. The summed E-state index contributed by atoms with van der Waals surface area (Å²) < 4.78 is 4.96. The summed E-state index contributed by atoms with van der Waals surface area (Å²) in [5.74, 6) is -1.93. The van der Waals surface area contributed by atoms with Crippen molar-refractivity contribution < 1.29 is 24.0 Å². The number of ether oxygens (including phenoxy) is 1. The maximum Gasteiger partial charge on any atom is 0.328 e. The highest BCUT2D eigenvalue weighted by molar-refractivity contribution is 5.98. The van der Waals surface area contributed by atoms with Crippen LogP contribution in [0.25, 0.3) is 0 Å². The molecule has 0 saturated carbocycles. The monoisotopic (exact) mass is 380 g/mol. The molecule has 2 rings (SSSR count). The fraction of sp³-hybridized carbons (Fsp3) is 0.500. The van der Waals surface area contributed by atoms with E-state index >= 15 is 0 Å². The van der Waals surface area contributed by atoms with E-state index in [0.717, 1.165) is 12.3 Å². The second kappa shape index (κ2) is 8.43. The molecule has 0 spiro atoms. The number of carbonyl (C=O) groups is 3. The molecule has 1 aromatic rings. The summed E-state index contributed by atoms with van der Waals surface area (Å²) in [4.78, 5) is 62.1. The predicted molar refractivity (Wildman–Crippen MR) is 92.0 cm³/mol. The Morgan fingerprint density at radius 1 is 1.48 bits per heavy atom. The number of esters is 1. The Hall–Kier alpha value is -3.24. The lowest BCUT2D eigenvalue weighted by Crippen LogP contribution is -2.51. The molecular formula is C16H20N4O7. The number of amides is 2. The lowest BCUT2D eigenvalue weighted by molar-refractivity contribution is -0.385. The number of aromatic amines is 1. The fourth-order valence-electron chi connectivity index (χ4n) is 2.85. The molecule has 1 aliphatic rings. The molecule has 146 valence electrons. The van der Waals surface area contributed by atoms with Crippen LogP contribution in [0.15, 0.2) is 17.1 Å². The summed E-state index contributed by atoms with van der Waals surface area (Å²) in [6, 6.07) is -0.910. The highest BCUT2D eigenvalue weighted by Crippen LogP contribution is 2.19. The van der Waals surface area contributed by atoms with Crippen molar-refractivity contribution in [2.45, 2.75) is 38.8 Å². The van der Waals surface area contributed by atoms with Gasteiger partial charge < -0.3 is 19.9 Å². The second-order valence-electron chi connectivity index (χ2n) is 5.99. The van der Waals surface area contributed by atoms with E-state index in [-0.39, 0.29) is 6.61 Å². The number of nitrogens with zero attached hydrogens (tertiary/aromatic N) is 2. The quantitative estimate of drug-likeness (QED) is 0.399. The van der Waals surface area contributed by atoms with E-state index in [0.29, 0.717) is 19.4 Å². The smallest absolute Gasteiger partial charge is 0.328 e. The zero-order chi connectivity index (χ0) is 20.1. The van der Waals surface area contributed by atoms with Gasteiger partial charge in [-0.05, 0) is 26.7 Å². The first-order valence-corrected chi connectivity index (χ1v) is 8.41. The van der Waals surface area contributed by atoms with Gasteiger partial charge in [0.05, 0.1) is 17.7 Å². The Bertz CT molecular complexity index is 819. The van der Waals surface area contributed by atoms with Gasteiger partial charge in [-0.1, -0.05) is 0 Å². The Morgan fingerprint density at radius 2 is 2.19 bits per heavy atom. The third-order valence-corrected chi connectivity index (χ3v) is 4.16. The lowest BCUT2D eigenvalue weighted by Gasteiger charge is -2.26. The highest BCUT2D eigenvalue weighted by Gasteiger charge is 2.37. The van der Waals surface area contributed by atoms with Gasteiger partial charge in [0.2, 0.25) is 5.91 Å². The van der Waals surface area contributed by atoms with Crippen molar-refractivity contribution in [2.24, 2.45) is 0 Å². The van der Waals surface area contributed by atoms with Gasteiger partial charge in [0.1, 0.15) is 17.6 Å². The van der Waals surface area contributed by atoms with Crippen LogP contribution < -0.4 is 10.9 Å². The average Bonchev–Trinajstić information content (AvgIpc) is 3.11. The number of pyridine rings is 1. The molecule has 2 amide bonds. The van der Waals surface area contributed by atoms with Gasteiger partial charge in [-0.3, -0.25) is 24.5 Å². The van der Waals surface area contributed by atoms with Crippen LogP contribution in [-0.4, -0.2) is 57.8 Å². The number of carbonyl (C=O) groups excluding carboxylic acids is 3. The van der Waals surface area contributed by atoms with Crippen molar-refractivity contribution in [1.82, 2.24) is 15.2 Å². The first kappa shape index (κ1) is 20.1. The molecule has 1 aromatic heterocycles. The molecule has 0 bridgehead atoms. The van der Waals surface area contributed by atoms with Crippen LogP contribution in [0.2, 0.25) is 0 Å². The maximum atomic E-state index is 12.6. The standard InChI is InChI=1S/C16H20N4O7/c1-3-27-16(24)12-5-4-6-19(12)15(23)9(2)18-14(22)11-7-10(20(25)26)8-17-13(11)21/h7-9,12H,3-6H2,1-2H3,(H,17,21)(H,18,22)/t9-,12-/m0/s1. The summed E-state index contributed by atoms with van der Waals surface area (Å²) in [6.07, 6.45) is 1.97. The van der Waals surface area contributed by atoms with Crippen LogP contribution in [0, 0.1) is 10.1 Å². The van der Waals surface area contributed by atoms with Crippen LogP contribution >= 0.6 is 0 Å². The minimum atomic E-state index is -1.04. The molecular weight excluding hydrogens is 360 g/mol. The van der Waals surface area contributed by atoms with Gasteiger partial charge in [0.25, 0.3) is 17.2 Å². The molecule has 27 heavy (non-hydrogen) atoms. The third kappa shape index (κ3) is 4.49. The molecule has 2 heterocycles. The van der Waals surface area contributed by atoms with Crippen LogP contribution in [-0.2, 0) is 14.3 Å². The van der Waals surface area contributed by atoms with Crippen molar-refractivity contribution in [3.8, 4) is 0 Å². The Labute approximate surface area is 153 Å². The van der Waals surface area contributed by atoms with Crippen LogP contribution in [0.3, 0.4) is 0 Å². The van der Waals surface area contributed by atoms with E-state index in [1.54, 1.807) is 6.92 Å². The van der Waals surface area contributed by atoms with Gasteiger partial charge in [-0.2, -0.15) is 0 Å². The zero-order valence-electron chi connectivity index (χ0n) is 14.9.